The Labute approximate surface area is 548 Å². The second kappa shape index (κ2) is 38.9. The van der Waals surface area contributed by atoms with Gasteiger partial charge in [-0.2, -0.15) is 17.6 Å². The van der Waals surface area contributed by atoms with Crippen LogP contribution in [-0.4, -0.2) is 300 Å². The Bertz CT molecular complexity index is 3210. The van der Waals surface area contributed by atoms with Gasteiger partial charge in [0.25, 0.3) is 11.5 Å². The van der Waals surface area contributed by atoms with E-state index in [4.69, 9.17) is 5.73 Å². The summed E-state index contributed by atoms with van der Waals surface area (Å²) in [6.07, 6.45) is -34.1. The molecular formula is C56H82N10O29S. The summed E-state index contributed by atoms with van der Waals surface area (Å²) in [5.41, 5.74) is 5.51. The molecule has 0 saturated carbocycles. The quantitative estimate of drug-likeness (QED) is 0.0234. The number of anilines is 2. The van der Waals surface area contributed by atoms with Gasteiger partial charge in [0.2, 0.25) is 23.7 Å². The van der Waals surface area contributed by atoms with Crippen molar-refractivity contribution in [1.29, 1.82) is 0 Å². The van der Waals surface area contributed by atoms with Crippen LogP contribution in [0.5, 0.6) is 0 Å². The van der Waals surface area contributed by atoms with Crippen LogP contribution >= 0.6 is 12.6 Å². The first kappa shape index (κ1) is 82.5. The van der Waals surface area contributed by atoms with Crippen molar-refractivity contribution >= 4 is 94.1 Å². The molecule has 0 aliphatic carbocycles. The molecule has 96 heavy (non-hydrogen) atoms. The third kappa shape index (κ3) is 23.5. The number of aromatic nitrogens is 4. The minimum absolute atomic E-state index is 0.00698. The van der Waals surface area contributed by atoms with E-state index >= 15 is 0 Å². The molecule has 26 N–H and O–H groups in total. The highest BCUT2D eigenvalue weighted by atomic mass is 32.1. The number of fused-ring (bicyclic) bond motifs is 1. The number of carboxylic acid groups (broad SMARTS) is 2. The number of aromatic amines is 1. The molecule has 39 nitrogen and oxygen atoms in total. The number of carbonyl (C=O) groups is 10. The molecule has 0 aliphatic rings. The molecule has 40 heteroatoms. The molecule has 0 fully saturated rings. The molecule has 0 aliphatic heterocycles. The average molecular weight is 1390 g/mol. The summed E-state index contributed by atoms with van der Waals surface area (Å²) >= 11 is 3.85. The second-order valence-corrected chi connectivity index (χ2v) is 22.9. The zero-order chi connectivity index (χ0) is 72.7. The SMILES string of the molecule is C[C@H](CC(=O)[C@@H](NC(=O)C(CC(=O)[C@H](C)NC(=O)C(CC(=O)CC[C@H](NC(=O)c1ccc(NCc2cnc3nc(N)[nH]c(=O)c3n2)cc1)C(=O)O)C(O)[C@H](O)[C@H](O)CO)C(O)[C@H](O)[C@H](O)CO)[C@@H](O)[C@H](O)[C@H](O)CO)C(=O)N[C@H](C(=O)C[C@@H](CS)C(=O)O)[C@@H](O)[C@H](O)[C@H](O)CO. The van der Waals surface area contributed by atoms with Crippen LogP contribution in [0.4, 0.5) is 11.6 Å². The molecular weight excluding hydrogens is 1310 g/mol. The number of nitrogens with zero attached hydrogens (tertiary/aromatic N) is 3. The molecule has 3 rings (SSSR count). The van der Waals surface area contributed by atoms with Crippen LogP contribution in [0.3, 0.4) is 0 Å². The van der Waals surface area contributed by atoms with Crippen LogP contribution in [0.2, 0.25) is 0 Å². The fourth-order valence-electron chi connectivity index (χ4n) is 9.27. The van der Waals surface area contributed by atoms with E-state index in [-0.39, 0.29) is 29.2 Å². The van der Waals surface area contributed by atoms with Crippen molar-refractivity contribution in [3.63, 3.8) is 0 Å². The number of hydrogen-bond donors (Lipinski definition) is 26. The smallest absolute Gasteiger partial charge is 0.326 e. The molecule has 4 unspecified atom stereocenters. The number of amides is 4. The van der Waals surface area contributed by atoms with E-state index < -0.39 is 256 Å². The third-order valence-electron chi connectivity index (χ3n) is 15.3. The van der Waals surface area contributed by atoms with Crippen LogP contribution in [0.1, 0.15) is 68.4 Å². The van der Waals surface area contributed by atoms with Crippen molar-refractivity contribution in [2.24, 2.45) is 23.7 Å². The van der Waals surface area contributed by atoms with E-state index in [1.807, 2.05) is 10.6 Å². The molecule has 2 heterocycles. The summed E-state index contributed by atoms with van der Waals surface area (Å²) in [5, 5.41) is 196. The molecule has 4 amide bonds. The second-order valence-electron chi connectivity index (χ2n) is 22.5. The number of aliphatic hydroxyl groups is 16. The predicted octanol–water partition coefficient (Wildman–Crippen LogP) is -11.0. The number of rotatable bonds is 44. The summed E-state index contributed by atoms with van der Waals surface area (Å²) in [5.74, 6) is -22.7. The van der Waals surface area contributed by atoms with Crippen molar-refractivity contribution < 1.29 is 140 Å². The maximum Gasteiger partial charge on any atom is 0.326 e. The Balaban J connectivity index is 1.88. The topological polar surface area (TPSA) is 693 Å². The fraction of sp³-hybridized carbons (Fsp3) is 0.607. The predicted molar refractivity (Wildman–Crippen MR) is 326 cm³/mol. The zero-order valence-electron chi connectivity index (χ0n) is 51.3. The number of benzene rings is 1. The number of carbonyl (C=O) groups excluding carboxylic acids is 8. The first-order chi connectivity index (χ1) is 45.0. The van der Waals surface area contributed by atoms with Gasteiger partial charge in [-0.1, -0.05) is 6.92 Å². The number of nitrogen functional groups attached to an aromatic ring is 1. The van der Waals surface area contributed by atoms with E-state index in [2.05, 4.69) is 48.5 Å². The van der Waals surface area contributed by atoms with Gasteiger partial charge in [-0.3, -0.25) is 52.9 Å². The van der Waals surface area contributed by atoms with Crippen molar-refractivity contribution in [2.75, 3.05) is 43.2 Å². The van der Waals surface area contributed by atoms with Crippen LogP contribution in [0.25, 0.3) is 11.2 Å². The molecule has 0 radical (unpaired) electrons. The lowest BCUT2D eigenvalue weighted by Gasteiger charge is -2.33. The number of thiol groups is 1. The molecule has 1 aromatic carbocycles. The molecule has 0 spiro atoms. The highest BCUT2D eigenvalue weighted by molar-refractivity contribution is 7.80. The number of nitrogens with two attached hydrogens (primary N) is 1. The molecule has 2 aromatic heterocycles. The molecule has 536 valence electrons. The van der Waals surface area contributed by atoms with E-state index in [0.717, 1.165) is 13.8 Å². The lowest BCUT2D eigenvalue weighted by molar-refractivity contribution is -0.149. The summed E-state index contributed by atoms with van der Waals surface area (Å²) in [6.45, 7) is -3.22. The minimum Gasteiger partial charge on any atom is -0.481 e. The number of H-pyrrole nitrogens is 1. The van der Waals surface area contributed by atoms with Gasteiger partial charge < -0.3 is 124 Å². The number of aliphatic hydroxyl groups excluding tert-OH is 16. The first-order valence-corrected chi connectivity index (χ1v) is 30.0. The number of Topliss-reactive ketones (excluding diaryl/α,β-unsaturated/α-hetero) is 4. The summed E-state index contributed by atoms with van der Waals surface area (Å²) < 4.78 is 0. The highest BCUT2D eigenvalue weighted by Crippen LogP contribution is 2.24. The van der Waals surface area contributed by atoms with Crippen molar-refractivity contribution in [1.82, 2.24) is 41.2 Å². The Morgan fingerprint density at radius 3 is 1.51 bits per heavy atom. The van der Waals surface area contributed by atoms with Gasteiger partial charge in [0.15, 0.2) is 28.5 Å². The maximum absolute atomic E-state index is 14.3. The van der Waals surface area contributed by atoms with Crippen molar-refractivity contribution in [3.8, 4) is 0 Å². The number of aliphatic carboxylic acids is 2. The summed E-state index contributed by atoms with van der Waals surface area (Å²) in [4.78, 5) is 161. The molecule has 0 bridgehead atoms. The van der Waals surface area contributed by atoms with Crippen LogP contribution in [0, 0.1) is 23.7 Å². The van der Waals surface area contributed by atoms with Gasteiger partial charge >= 0.3 is 11.9 Å². The molecule has 0 saturated heterocycles. The van der Waals surface area contributed by atoms with E-state index in [1.54, 1.807) is 0 Å². The standard InChI is InChI=1S/C56H82N10O29S/c1-20(49(87)63-38(47(86)45(84)36(78)18-70)32(74)10-23(19-96)54(92)93)9-31(73)37(46(85)44(83)35(77)17-69)64-52(90)28(41(80)43(82)34(76)16-68)12-30(72)21(2)60-51(89)27(40(79)42(81)33(75)15-67)11-26(71)7-8-29(55(94)95)62-50(88)22-3-5-24(6-4-22)58-13-25-14-59-48-39(61-25)53(91)66-56(57)65-48/h3-6,14,20-21,23,27-29,33-38,40-47,58,67-70,75-86,96H,7-13,15-19H2,1-2H3,(H,60,89)(H,62,88)(H,63,87)(H,64,90)(H,92,93)(H,94,95)(H3,57,59,65,66,91)/t20-,21+,23+,27?,28?,29+,33-,34-,35-,36-,37-,38-,40?,41?,42-,43-,44-,45-,46-,47-/m1/s1. The normalized spacial score (nSPS) is 18.0. The van der Waals surface area contributed by atoms with Crippen molar-refractivity contribution in [3.05, 3.63) is 52.1 Å². The Kier molecular flexibility index (Phi) is 33.4. The first-order valence-electron chi connectivity index (χ1n) is 29.3. The Hall–Kier alpha value is -7.75. The van der Waals surface area contributed by atoms with E-state index in [1.165, 1.54) is 30.5 Å². The lowest BCUT2D eigenvalue weighted by atomic mass is 9.86. The maximum atomic E-state index is 14.3. The number of ketones is 4. The summed E-state index contributed by atoms with van der Waals surface area (Å²) in [7, 11) is 0. The van der Waals surface area contributed by atoms with Gasteiger partial charge in [0, 0.05) is 55.0 Å². The van der Waals surface area contributed by atoms with Crippen LogP contribution < -0.4 is 37.9 Å². The fourth-order valence-corrected chi connectivity index (χ4v) is 9.56. The average Bonchev–Trinajstić information content (AvgIpc) is 0.880. The minimum atomic E-state index is -2.73. The van der Waals surface area contributed by atoms with Gasteiger partial charge in [-0.05, 0) is 37.6 Å². The van der Waals surface area contributed by atoms with Gasteiger partial charge in [0.05, 0.1) is 80.9 Å². The number of carboxylic acids is 2. The van der Waals surface area contributed by atoms with Gasteiger partial charge in [0.1, 0.15) is 84.9 Å². The Morgan fingerprint density at radius 1 is 0.562 bits per heavy atom. The van der Waals surface area contributed by atoms with Crippen molar-refractivity contribution in [2.45, 2.75) is 156 Å². The molecule has 3 aromatic rings. The monoisotopic (exact) mass is 1390 g/mol. The van der Waals surface area contributed by atoms with Crippen LogP contribution in [0.15, 0.2) is 35.3 Å². The number of hydrogen-bond acceptors (Lipinski definition) is 33. The van der Waals surface area contributed by atoms with Gasteiger partial charge in [-0.15, -0.1) is 0 Å². The van der Waals surface area contributed by atoms with Gasteiger partial charge in [-0.25, -0.2) is 14.8 Å². The third-order valence-corrected chi connectivity index (χ3v) is 15.7. The zero-order valence-corrected chi connectivity index (χ0v) is 52.2. The lowest BCUT2D eigenvalue weighted by Crippen LogP contribution is -2.60. The Morgan fingerprint density at radius 2 is 1.03 bits per heavy atom. The largest absolute Gasteiger partial charge is 0.481 e. The highest BCUT2D eigenvalue weighted by Gasteiger charge is 2.45. The number of nitrogens with one attached hydrogen (secondary N) is 6. The molecule has 20 atom stereocenters. The van der Waals surface area contributed by atoms with Crippen LogP contribution in [-0.2, 0) is 49.7 Å². The summed E-state index contributed by atoms with van der Waals surface area (Å²) in [6, 6.07) is -3.16. The van der Waals surface area contributed by atoms with E-state index in [9.17, 15) is 145 Å². The van der Waals surface area contributed by atoms with E-state index in [0.29, 0.717) is 11.4 Å².